The number of anilines is 1. The van der Waals surface area contributed by atoms with Crippen LogP contribution >= 0.6 is 15.9 Å². The molecule has 7 nitrogen and oxygen atoms in total. The van der Waals surface area contributed by atoms with Gasteiger partial charge >= 0.3 is 12.3 Å². The molecule has 2 aromatic rings. The van der Waals surface area contributed by atoms with Crippen molar-refractivity contribution in [3.8, 4) is 5.75 Å². The molecule has 0 saturated heterocycles. The van der Waals surface area contributed by atoms with Gasteiger partial charge in [-0.25, -0.2) is 0 Å². The summed E-state index contributed by atoms with van der Waals surface area (Å²) in [5, 5.41) is 17.5. The molecular formula is C27H26BrF3N2O5. The molecule has 202 valence electrons. The molecule has 0 radical (unpaired) electrons. The first-order valence-corrected chi connectivity index (χ1v) is 13.3. The quantitative estimate of drug-likeness (QED) is 0.262. The number of fused-ring (bicyclic) bond motifs is 2. The van der Waals surface area contributed by atoms with Crippen molar-refractivity contribution in [3.05, 3.63) is 58.1 Å². The van der Waals surface area contributed by atoms with E-state index in [-0.39, 0.29) is 23.6 Å². The number of carbonyl (C=O) groups is 3. The molecule has 2 fully saturated rings. The number of benzene rings is 2. The molecule has 4 atom stereocenters. The molecule has 0 bridgehead atoms. The molecule has 2 aliphatic carbocycles. The van der Waals surface area contributed by atoms with Gasteiger partial charge in [0, 0.05) is 40.1 Å². The van der Waals surface area contributed by atoms with Crippen LogP contribution in [-0.2, 0) is 9.59 Å². The zero-order valence-electron chi connectivity index (χ0n) is 20.2. The first kappa shape index (κ1) is 26.7. The van der Waals surface area contributed by atoms with Gasteiger partial charge in [-0.2, -0.15) is 0 Å². The maximum atomic E-state index is 13.4. The Labute approximate surface area is 225 Å². The van der Waals surface area contributed by atoms with Crippen LogP contribution in [0.3, 0.4) is 0 Å². The van der Waals surface area contributed by atoms with Crippen LogP contribution in [0.5, 0.6) is 5.75 Å². The number of Topliss-reactive ketones (excluding diaryl/α,β-unsaturated/α-hetero) is 2. The van der Waals surface area contributed by atoms with Crippen molar-refractivity contribution >= 4 is 39.2 Å². The first-order chi connectivity index (χ1) is 18.0. The maximum absolute atomic E-state index is 13.4. The Morgan fingerprint density at radius 2 is 1.76 bits per heavy atom. The van der Waals surface area contributed by atoms with Gasteiger partial charge in [-0.15, -0.1) is 13.2 Å². The molecule has 5 rings (SSSR count). The van der Waals surface area contributed by atoms with Gasteiger partial charge in [0.1, 0.15) is 11.3 Å². The summed E-state index contributed by atoms with van der Waals surface area (Å²) in [4.78, 5) is 39.7. The smallest absolute Gasteiger partial charge is 0.480 e. The second-order valence-corrected chi connectivity index (χ2v) is 11.2. The van der Waals surface area contributed by atoms with Gasteiger partial charge in [-0.05, 0) is 79.6 Å². The molecule has 11 heteroatoms. The highest BCUT2D eigenvalue weighted by atomic mass is 79.9. The molecular weight excluding hydrogens is 569 g/mol. The summed E-state index contributed by atoms with van der Waals surface area (Å²) in [5.74, 6) is -4.27. The fourth-order valence-electron chi connectivity index (χ4n) is 5.97. The fourth-order valence-corrected chi connectivity index (χ4v) is 6.34. The SMILES string of the molecule is O=C(CC(NC1CC1)(C(=O)O)C1c2cc(Br)ccc2N[C@@H]2CCC[C@H]12)C(=O)c1ccc(OC(F)(F)F)cc1. The third-order valence-electron chi connectivity index (χ3n) is 7.68. The van der Waals surface area contributed by atoms with Crippen LogP contribution in [0.2, 0.25) is 0 Å². The number of halogens is 4. The van der Waals surface area contributed by atoms with E-state index in [1.165, 1.54) is 0 Å². The van der Waals surface area contributed by atoms with Crippen molar-refractivity contribution < 1.29 is 37.4 Å². The number of ether oxygens (including phenoxy) is 1. The van der Waals surface area contributed by atoms with E-state index < -0.39 is 47.5 Å². The number of nitrogens with one attached hydrogen (secondary N) is 2. The van der Waals surface area contributed by atoms with Gasteiger partial charge in [0.25, 0.3) is 0 Å². The molecule has 0 spiro atoms. The number of aliphatic carboxylic acids is 1. The van der Waals surface area contributed by atoms with Crippen LogP contribution in [0, 0.1) is 5.92 Å². The highest BCUT2D eigenvalue weighted by Gasteiger charge is 2.57. The monoisotopic (exact) mass is 594 g/mol. The van der Waals surface area contributed by atoms with Gasteiger partial charge in [-0.3, -0.25) is 19.7 Å². The van der Waals surface area contributed by atoms with Crippen molar-refractivity contribution in [2.45, 2.75) is 68.4 Å². The van der Waals surface area contributed by atoms with E-state index in [1.54, 1.807) is 0 Å². The standard InChI is InChI=1S/C27H26BrF3N2O5/c28-15-6-11-21-19(12-15)23(18-2-1-3-20(18)32-21)26(25(36)37,33-16-7-8-16)13-22(34)24(35)14-4-9-17(10-5-14)38-27(29,30)31/h4-6,9-12,16,18,20,23,32-33H,1-3,7-8,13H2,(H,36,37)/t18-,20+,23?,26?/m0/s1. The van der Waals surface area contributed by atoms with Crippen LogP contribution in [0.25, 0.3) is 0 Å². The second-order valence-electron chi connectivity index (χ2n) is 10.3. The first-order valence-electron chi connectivity index (χ1n) is 12.5. The summed E-state index contributed by atoms with van der Waals surface area (Å²) >= 11 is 3.49. The summed E-state index contributed by atoms with van der Waals surface area (Å²) in [5.41, 5.74) is -0.295. The number of ketones is 2. The van der Waals surface area contributed by atoms with Gasteiger partial charge in [0.05, 0.1) is 0 Å². The number of hydrogen-bond donors (Lipinski definition) is 3. The molecule has 1 heterocycles. The van der Waals surface area contributed by atoms with Crippen LogP contribution in [-0.4, -0.2) is 46.6 Å². The topological polar surface area (TPSA) is 105 Å². The zero-order valence-corrected chi connectivity index (χ0v) is 21.8. The average Bonchev–Trinajstić information content (AvgIpc) is 3.54. The number of carboxylic acid groups (broad SMARTS) is 1. The van der Waals surface area contributed by atoms with Crippen LogP contribution in [0.1, 0.15) is 60.4 Å². The summed E-state index contributed by atoms with van der Waals surface area (Å²) in [6.07, 6.45) is -1.39. The van der Waals surface area contributed by atoms with E-state index in [1.807, 2.05) is 18.2 Å². The number of hydrogen-bond acceptors (Lipinski definition) is 6. The summed E-state index contributed by atoms with van der Waals surface area (Å²) in [6, 6.07) is 9.63. The van der Waals surface area contributed by atoms with Gasteiger partial charge in [-0.1, -0.05) is 22.4 Å². The molecule has 0 aromatic heterocycles. The lowest BCUT2D eigenvalue weighted by molar-refractivity contribution is -0.274. The predicted molar refractivity (Wildman–Crippen MR) is 135 cm³/mol. The minimum absolute atomic E-state index is 0.0420. The van der Waals surface area contributed by atoms with E-state index in [0.717, 1.165) is 72.1 Å². The predicted octanol–water partition coefficient (Wildman–Crippen LogP) is 5.44. The van der Waals surface area contributed by atoms with Crippen molar-refractivity contribution in [3.63, 3.8) is 0 Å². The Morgan fingerprint density at radius 3 is 2.39 bits per heavy atom. The number of alkyl halides is 3. The lowest BCUT2D eigenvalue weighted by atomic mass is 9.65. The lowest BCUT2D eigenvalue weighted by Gasteiger charge is -2.47. The summed E-state index contributed by atoms with van der Waals surface area (Å²) in [6.45, 7) is 0. The molecule has 2 unspecified atom stereocenters. The van der Waals surface area contributed by atoms with Gasteiger partial charge < -0.3 is 15.2 Å². The van der Waals surface area contributed by atoms with E-state index >= 15 is 0 Å². The lowest BCUT2D eigenvalue weighted by Crippen LogP contribution is -2.62. The van der Waals surface area contributed by atoms with Crippen LogP contribution in [0.4, 0.5) is 18.9 Å². The normalized spacial score (nSPS) is 23.9. The Hall–Kier alpha value is -2.92. The molecule has 2 aromatic carbocycles. The molecule has 2 saturated carbocycles. The molecule has 1 aliphatic heterocycles. The minimum Gasteiger partial charge on any atom is -0.480 e. The van der Waals surface area contributed by atoms with E-state index in [4.69, 9.17) is 0 Å². The Morgan fingerprint density at radius 1 is 1.05 bits per heavy atom. The number of rotatable bonds is 9. The van der Waals surface area contributed by atoms with Crippen molar-refractivity contribution in [1.29, 1.82) is 0 Å². The van der Waals surface area contributed by atoms with Gasteiger partial charge in [0.2, 0.25) is 11.6 Å². The summed E-state index contributed by atoms with van der Waals surface area (Å²) < 4.78 is 42.1. The number of carbonyl (C=O) groups excluding carboxylic acids is 2. The number of carboxylic acids is 1. The maximum Gasteiger partial charge on any atom is 0.573 e. The average molecular weight is 595 g/mol. The van der Waals surface area contributed by atoms with Crippen molar-refractivity contribution in [2.24, 2.45) is 5.92 Å². The fraction of sp³-hybridized carbons (Fsp3) is 0.444. The minimum atomic E-state index is -4.89. The van der Waals surface area contributed by atoms with Crippen molar-refractivity contribution in [2.75, 3.05) is 5.32 Å². The van der Waals surface area contributed by atoms with E-state index in [9.17, 15) is 32.7 Å². The van der Waals surface area contributed by atoms with Crippen LogP contribution in [0.15, 0.2) is 46.9 Å². The highest BCUT2D eigenvalue weighted by Crippen LogP contribution is 2.52. The summed E-state index contributed by atoms with van der Waals surface area (Å²) in [7, 11) is 0. The second kappa shape index (κ2) is 10.00. The Balaban J connectivity index is 1.50. The van der Waals surface area contributed by atoms with Crippen molar-refractivity contribution in [1.82, 2.24) is 5.32 Å². The molecule has 0 amide bonds. The van der Waals surface area contributed by atoms with Gasteiger partial charge in [0.15, 0.2) is 0 Å². The Kier molecular flexibility index (Phi) is 7.02. The Bertz CT molecular complexity index is 1260. The highest BCUT2D eigenvalue weighted by molar-refractivity contribution is 9.10. The third-order valence-corrected chi connectivity index (χ3v) is 8.17. The molecule has 3 aliphatic rings. The largest absolute Gasteiger partial charge is 0.573 e. The third kappa shape index (κ3) is 5.31. The molecule has 3 N–H and O–H groups in total. The zero-order chi connectivity index (χ0) is 27.2. The van der Waals surface area contributed by atoms with E-state index in [2.05, 4.69) is 31.3 Å². The van der Waals surface area contributed by atoms with Crippen LogP contribution < -0.4 is 15.4 Å². The van der Waals surface area contributed by atoms with E-state index in [0.29, 0.717) is 0 Å². The molecule has 38 heavy (non-hydrogen) atoms.